The van der Waals surface area contributed by atoms with Crippen LogP contribution in [-0.4, -0.2) is 10.9 Å². The summed E-state index contributed by atoms with van der Waals surface area (Å²) >= 11 is 0. The van der Waals surface area contributed by atoms with Crippen molar-refractivity contribution in [2.24, 2.45) is 0 Å². The maximum atomic E-state index is 12.7. The summed E-state index contributed by atoms with van der Waals surface area (Å²) in [6.07, 6.45) is 1.72. The van der Waals surface area contributed by atoms with Gasteiger partial charge in [0.25, 0.3) is 5.91 Å². The number of pyridine rings is 1. The summed E-state index contributed by atoms with van der Waals surface area (Å²) in [6, 6.07) is 15.6. The van der Waals surface area contributed by atoms with Crippen molar-refractivity contribution in [2.75, 3.05) is 0 Å². The van der Waals surface area contributed by atoms with Gasteiger partial charge in [-0.1, -0.05) is 36.4 Å². The number of carbonyl (C=O) groups is 1. The van der Waals surface area contributed by atoms with Gasteiger partial charge in [-0.05, 0) is 49.6 Å². The largest absolute Gasteiger partial charge is 0.345 e. The van der Waals surface area contributed by atoms with Gasteiger partial charge in [-0.15, -0.1) is 0 Å². The minimum Gasteiger partial charge on any atom is -0.345 e. The summed E-state index contributed by atoms with van der Waals surface area (Å²) in [5, 5.41) is 4.07. The average Bonchev–Trinajstić information content (AvgIpc) is 2.56. The molecule has 3 nitrogen and oxygen atoms in total. The SMILES string of the molecule is Cc1cccc(C(C)NC(=O)c2cccc3cccnc23)c1C. The number of nitrogens with one attached hydrogen (secondary N) is 1. The Labute approximate surface area is 136 Å². The maximum absolute atomic E-state index is 12.7. The second kappa shape index (κ2) is 6.21. The molecule has 0 aliphatic carbocycles. The monoisotopic (exact) mass is 304 g/mol. The molecule has 3 rings (SSSR count). The lowest BCUT2D eigenvalue weighted by atomic mass is 9.98. The average molecular weight is 304 g/mol. The lowest BCUT2D eigenvalue weighted by Gasteiger charge is -2.18. The molecule has 0 aliphatic rings. The lowest BCUT2D eigenvalue weighted by Crippen LogP contribution is -2.27. The second-order valence-corrected chi connectivity index (χ2v) is 5.86. The normalized spacial score (nSPS) is 12.1. The zero-order valence-corrected chi connectivity index (χ0v) is 13.6. The highest BCUT2D eigenvalue weighted by atomic mass is 16.1. The van der Waals surface area contributed by atoms with Gasteiger partial charge >= 0.3 is 0 Å². The first-order valence-electron chi connectivity index (χ1n) is 7.78. The Morgan fingerprint density at radius 3 is 2.61 bits per heavy atom. The van der Waals surface area contributed by atoms with Crippen molar-refractivity contribution in [3.05, 3.63) is 77.0 Å². The van der Waals surface area contributed by atoms with Gasteiger partial charge in [0, 0.05) is 11.6 Å². The van der Waals surface area contributed by atoms with E-state index in [-0.39, 0.29) is 11.9 Å². The van der Waals surface area contributed by atoms with E-state index < -0.39 is 0 Å². The number of aryl methyl sites for hydroxylation is 1. The van der Waals surface area contributed by atoms with E-state index in [4.69, 9.17) is 0 Å². The number of aromatic nitrogens is 1. The molecular weight excluding hydrogens is 284 g/mol. The predicted octanol–water partition coefficient (Wildman–Crippen LogP) is 4.34. The molecule has 3 aromatic rings. The fourth-order valence-corrected chi connectivity index (χ4v) is 2.88. The van der Waals surface area contributed by atoms with Crippen molar-refractivity contribution >= 4 is 16.8 Å². The van der Waals surface area contributed by atoms with Crippen LogP contribution in [0.5, 0.6) is 0 Å². The molecular formula is C20H20N2O. The van der Waals surface area contributed by atoms with Crippen molar-refractivity contribution in [2.45, 2.75) is 26.8 Å². The molecule has 1 heterocycles. The fraction of sp³-hybridized carbons (Fsp3) is 0.200. The highest BCUT2D eigenvalue weighted by Crippen LogP contribution is 2.22. The third-order valence-corrected chi connectivity index (χ3v) is 4.34. The molecule has 0 bridgehead atoms. The number of amides is 1. The van der Waals surface area contributed by atoms with Crippen molar-refractivity contribution in [3.63, 3.8) is 0 Å². The first-order valence-corrected chi connectivity index (χ1v) is 7.78. The molecule has 2 aromatic carbocycles. The predicted molar refractivity (Wildman–Crippen MR) is 93.5 cm³/mol. The smallest absolute Gasteiger partial charge is 0.253 e. The molecule has 1 N–H and O–H groups in total. The van der Waals surface area contributed by atoms with Crippen LogP contribution >= 0.6 is 0 Å². The Balaban J connectivity index is 1.90. The number of carbonyl (C=O) groups excluding carboxylic acids is 1. The molecule has 116 valence electrons. The van der Waals surface area contributed by atoms with Crippen molar-refractivity contribution in [3.8, 4) is 0 Å². The minimum absolute atomic E-state index is 0.0543. The molecule has 1 unspecified atom stereocenters. The number of fused-ring (bicyclic) bond motifs is 1. The third-order valence-electron chi connectivity index (χ3n) is 4.34. The highest BCUT2D eigenvalue weighted by Gasteiger charge is 2.16. The van der Waals surface area contributed by atoms with E-state index in [0.717, 1.165) is 16.5 Å². The zero-order chi connectivity index (χ0) is 16.4. The number of hydrogen-bond donors (Lipinski definition) is 1. The number of rotatable bonds is 3. The molecule has 0 saturated heterocycles. The third kappa shape index (κ3) is 2.95. The van der Waals surface area contributed by atoms with E-state index in [2.05, 4.69) is 36.3 Å². The van der Waals surface area contributed by atoms with Crippen LogP contribution in [0.2, 0.25) is 0 Å². The van der Waals surface area contributed by atoms with Crippen molar-refractivity contribution in [1.29, 1.82) is 0 Å². The summed E-state index contributed by atoms with van der Waals surface area (Å²) in [5.74, 6) is -0.0947. The van der Waals surface area contributed by atoms with Gasteiger partial charge in [-0.2, -0.15) is 0 Å². The number of para-hydroxylation sites is 1. The van der Waals surface area contributed by atoms with Gasteiger partial charge in [0.1, 0.15) is 0 Å². The summed E-state index contributed by atoms with van der Waals surface area (Å²) in [4.78, 5) is 17.0. The van der Waals surface area contributed by atoms with Crippen LogP contribution in [0, 0.1) is 13.8 Å². The van der Waals surface area contributed by atoms with Gasteiger partial charge in [0.15, 0.2) is 0 Å². The standard InChI is InChI=1S/C20H20N2O/c1-13-7-4-10-17(14(13)2)15(3)22-20(23)18-11-5-8-16-9-6-12-21-19(16)18/h4-12,15H,1-3H3,(H,22,23). The van der Waals surface area contributed by atoms with Gasteiger partial charge in [0.2, 0.25) is 0 Å². The number of nitrogens with zero attached hydrogens (tertiary/aromatic N) is 1. The Morgan fingerprint density at radius 2 is 1.78 bits per heavy atom. The zero-order valence-electron chi connectivity index (χ0n) is 13.6. The van der Waals surface area contributed by atoms with Crippen LogP contribution in [0.15, 0.2) is 54.7 Å². The fourth-order valence-electron chi connectivity index (χ4n) is 2.88. The van der Waals surface area contributed by atoms with E-state index >= 15 is 0 Å². The van der Waals surface area contributed by atoms with E-state index in [1.807, 2.05) is 43.3 Å². The minimum atomic E-state index is -0.0947. The van der Waals surface area contributed by atoms with E-state index in [9.17, 15) is 4.79 Å². The Kier molecular flexibility index (Phi) is 4.11. The summed E-state index contributed by atoms with van der Waals surface area (Å²) in [6.45, 7) is 6.19. The lowest BCUT2D eigenvalue weighted by molar-refractivity contribution is 0.0941. The van der Waals surface area contributed by atoms with Gasteiger partial charge in [0.05, 0.1) is 17.1 Å². The second-order valence-electron chi connectivity index (χ2n) is 5.86. The number of benzene rings is 2. The summed E-state index contributed by atoms with van der Waals surface area (Å²) < 4.78 is 0. The first kappa shape index (κ1) is 15.2. The summed E-state index contributed by atoms with van der Waals surface area (Å²) in [5.41, 5.74) is 4.94. The van der Waals surface area contributed by atoms with Crippen molar-refractivity contribution < 1.29 is 4.79 Å². The molecule has 3 heteroatoms. The van der Waals surface area contributed by atoms with Crippen LogP contribution in [0.4, 0.5) is 0 Å². The van der Waals surface area contributed by atoms with Crippen LogP contribution in [-0.2, 0) is 0 Å². The Hall–Kier alpha value is -2.68. The summed E-state index contributed by atoms with van der Waals surface area (Å²) in [7, 11) is 0. The quantitative estimate of drug-likeness (QED) is 0.782. The Morgan fingerprint density at radius 1 is 1.04 bits per heavy atom. The molecule has 1 aromatic heterocycles. The molecule has 1 amide bonds. The van der Waals surface area contributed by atoms with Crippen LogP contribution in [0.25, 0.3) is 10.9 Å². The molecule has 0 fully saturated rings. The molecule has 0 aliphatic heterocycles. The van der Waals surface area contributed by atoms with Gasteiger partial charge in [-0.3, -0.25) is 9.78 Å². The Bertz CT molecular complexity index is 865. The molecule has 0 saturated carbocycles. The molecule has 1 atom stereocenters. The molecule has 0 spiro atoms. The van der Waals surface area contributed by atoms with Crippen molar-refractivity contribution in [1.82, 2.24) is 10.3 Å². The maximum Gasteiger partial charge on any atom is 0.253 e. The number of hydrogen-bond acceptors (Lipinski definition) is 2. The molecule has 23 heavy (non-hydrogen) atoms. The van der Waals surface area contributed by atoms with E-state index in [1.165, 1.54) is 11.1 Å². The van der Waals surface area contributed by atoms with E-state index in [0.29, 0.717) is 5.56 Å². The van der Waals surface area contributed by atoms with Gasteiger partial charge in [-0.25, -0.2) is 0 Å². The van der Waals surface area contributed by atoms with Crippen LogP contribution < -0.4 is 5.32 Å². The van der Waals surface area contributed by atoms with E-state index in [1.54, 1.807) is 6.20 Å². The first-order chi connectivity index (χ1) is 11.1. The topological polar surface area (TPSA) is 42.0 Å². The van der Waals surface area contributed by atoms with Crippen LogP contribution in [0.3, 0.4) is 0 Å². The van der Waals surface area contributed by atoms with Crippen LogP contribution in [0.1, 0.15) is 40.0 Å². The van der Waals surface area contributed by atoms with Gasteiger partial charge < -0.3 is 5.32 Å². The highest BCUT2D eigenvalue weighted by molar-refractivity contribution is 6.05. The molecule has 0 radical (unpaired) electrons.